The number of morpholine rings is 1. The molecule has 0 N–H and O–H groups in total. The van der Waals surface area contributed by atoms with Crippen LogP contribution in [0.4, 0.5) is 0 Å². The van der Waals surface area contributed by atoms with Gasteiger partial charge in [-0.3, -0.25) is 4.79 Å². The summed E-state index contributed by atoms with van der Waals surface area (Å²) in [6.07, 6.45) is 2.61. The second kappa shape index (κ2) is 5.22. The SMILES string of the molecule is CCCC(=O)N1CCOCC1CC. The van der Waals surface area contributed by atoms with Crippen molar-refractivity contribution in [3.8, 4) is 0 Å². The van der Waals surface area contributed by atoms with Crippen molar-refractivity contribution >= 4 is 5.91 Å². The number of amides is 1. The van der Waals surface area contributed by atoms with Crippen LogP contribution in [0.1, 0.15) is 33.1 Å². The van der Waals surface area contributed by atoms with Crippen molar-refractivity contribution in [2.75, 3.05) is 19.8 Å². The van der Waals surface area contributed by atoms with Gasteiger partial charge in [0.05, 0.1) is 19.3 Å². The van der Waals surface area contributed by atoms with Crippen LogP contribution in [0.25, 0.3) is 0 Å². The number of hydrogen-bond acceptors (Lipinski definition) is 2. The smallest absolute Gasteiger partial charge is 0.222 e. The minimum Gasteiger partial charge on any atom is -0.377 e. The quantitative estimate of drug-likeness (QED) is 0.665. The van der Waals surface area contributed by atoms with E-state index in [1.807, 2.05) is 11.8 Å². The Morgan fingerprint density at radius 2 is 2.31 bits per heavy atom. The van der Waals surface area contributed by atoms with Gasteiger partial charge in [-0.2, -0.15) is 0 Å². The fourth-order valence-corrected chi connectivity index (χ4v) is 1.68. The Labute approximate surface area is 80.1 Å². The van der Waals surface area contributed by atoms with Crippen molar-refractivity contribution in [2.45, 2.75) is 39.2 Å². The lowest BCUT2D eigenvalue weighted by Gasteiger charge is -2.35. The Morgan fingerprint density at radius 3 is 2.92 bits per heavy atom. The largest absolute Gasteiger partial charge is 0.377 e. The highest BCUT2D eigenvalue weighted by atomic mass is 16.5. The van der Waals surface area contributed by atoms with E-state index in [-0.39, 0.29) is 5.91 Å². The van der Waals surface area contributed by atoms with E-state index in [4.69, 9.17) is 4.74 Å². The van der Waals surface area contributed by atoms with Gasteiger partial charge in [0.2, 0.25) is 5.91 Å². The lowest BCUT2D eigenvalue weighted by Crippen LogP contribution is -2.48. The number of ether oxygens (including phenoxy) is 1. The number of carbonyl (C=O) groups excluding carboxylic acids is 1. The number of rotatable bonds is 3. The van der Waals surface area contributed by atoms with Crippen molar-refractivity contribution in [3.05, 3.63) is 0 Å². The standard InChI is InChI=1S/C10H19NO2/c1-3-5-10(12)11-6-7-13-8-9(11)4-2/h9H,3-8H2,1-2H3. The highest BCUT2D eigenvalue weighted by Gasteiger charge is 2.24. The molecule has 76 valence electrons. The first-order valence-electron chi connectivity index (χ1n) is 5.16. The molecule has 0 radical (unpaired) electrons. The van der Waals surface area contributed by atoms with Crippen molar-refractivity contribution < 1.29 is 9.53 Å². The van der Waals surface area contributed by atoms with Crippen LogP contribution in [-0.4, -0.2) is 36.6 Å². The Morgan fingerprint density at radius 1 is 1.54 bits per heavy atom. The highest BCUT2D eigenvalue weighted by Crippen LogP contribution is 2.12. The normalized spacial score (nSPS) is 23.2. The fourth-order valence-electron chi connectivity index (χ4n) is 1.68. The summed E-state index contributed by atoms with van der Waals surface area (Å²) < 4.78 is 5.34. The summed E-state index contributed by atoms with van der Waals surface area (Å²) in [7, 11) is 0. The molecule has 0 saturated carbocycles. The summed E-state index contributed by atoms with van der Waals surface area (Å²) >= 11 is 0. The van der Waals surface area contributed by atoms with Gasteiger partial charge >= 0.3 is 0 Å². The van der Waals surface area contributed by atoms with E-state index >= 15 is 0 Å². The van der Waals surface area contributed by atoms with Crippen LogP contribution in [0.15, 0.2) is 0 Å². The molecule has 0 spiro atoms. The molecule has 1 saturated heterocycles. The first kappa shape index (κ1) is 10.5. The third-order valence-corrected chi connectivity index (χ3v) is 2.48. The zero-order chi connectivity index (χ0) is 9.68. The zero-order valence-electron chi connectivity index (χ0n) is 8.58. The fraction of sp³-hybridized carbons (Fsp3) is 0.900. The molecule has 3 heteroatoms. The van der Waals surface area contributed by atoms with Crippen molar-refractivity contribution in [2.24, 2.45) is 0 Å². The Bertz CT molecular complexity index is 170. The number of hydrogen-bond donors (Lipinski definition) is 0. The van der Waals surface area contributed by atoms with Gasteiger partial charge in [-0.25, -0.2) is 0 Å². The first-order chi connectivity index (χ1) is 6.29. The van der Waals surface area contributed by atoms with E-state index in [1.165, 1.54) is 0 Å². The minimum absolute atomic E-state index is 0.289. The van der Waals surface area contributed by atoms with Gasteiger partial charge in [-0.05, 0) is 12.8 Å². The van der Waals surface area contributed by atoms with E-state index in [0.717, 1.165) is 19.4 Å². The van der Waals surface area contributed by atoms with Crippen LogP contribution >= 0.6 is 0 Å². The van der Waals surface area contributed by atoms with Crippen molar-refractivity contribution in [1.82, 2.24) is 4.90 Å². The van der Waals surface area contributed by atoms with E-state index in [2.05, 4.69) is 6.92 Å². The molecule has 1 heterocycles. The van der Waals surface area contributed by atoms with Gasteiger partial charge in [0.1, 0.15) is 0 Å². The van der Waals surface area contributed by atoms with Crippen molar-refractivity contribution in [3.63, 3.8) is 0 Å². The average molecular weight is 185 g/mol. The van der Waals surface area contributed by atoms with Crippen LogP contribution in [-0.2, 0) is 9.53 Å². The van der Waals surface area contributed by atoms with E-state index in [0.29, 0.717) is 25.7 Å². The molecule has 0 aromatic carbocycles. The second-order valence-corrected chi connectivity index (χ2v) is 3.47. The Kier molecular flexibility index (Phi) is 4.22. The first-order valence-corrected chi connectivity index (χ1v) is 5.16. The summed E-state index contributed by atoms with van der Waals surface area (Å²) in [4.78, 5) is 13.6. The summed E-state index contributed by atoms with van der Waals surface area (Å²) in [6.45, 7) is 6.33. The predicted octanol–water partition coefficient (Wildman–Crippen LogP) is 1.42. The van der Waals surface area contributed by atoms with Crippen LogP contribution in [0.5, 0.6) is 0 Å². The second-order valence-electron chi connectivity index (χ2n) is 3.47. The molecule has 1 rings (SSSR count). The maximum Gasteiger partial charge on any atom is 0.222 e. The minimum atomic E-state index is 0.289. The molecular weight excluding hydrogens is 166 g/mol. The molecule has 0 bridgehead atoms. The summed E-state index contributed by atoms with van der Waals surface area (Å²) in [5.74, 6) is 0.289. The van der Waals surface area contributed by atoms with E-state index < -0.39 is 0 Å². The molecule has 1 fully saturated rings. The Balaban J connectivity index is 2.48. The van der Waals surface area contributed by atoms with Gasteiger partial charge in [-0.1, -0.05) is 13.8 Å². The maximum atomic E-state index is 11.6. The Hall–Kier alpha value is -0.570. The van der Waals surface area contributed by atoms with Gasteiger partial charge in [0, 0.05) is 13.0 Å². The molecule has 13 heavy (non-hydrogen) atoms. The third kappa shape index (κ3) is 2.69. The van der Waals surface area contributed by atoms with Crippen LogP contribution < -0.4 is 0 Å². The van der Waals surface area contributed by atoms with E-state index in [9.17, 15) is 4.79 Å². The topological polar surface area (TPSA) is 29.5 Å². The molecule has 0 aromatic rings. The molecule has 1 aliphatic rings. The van der Waals surface area contributed by atoms with Gasteiger partial charge < -0.3 is 9.64 Å². The summed E-state index contributed by atoms with van der Waals surface area (Å²) in [5, 5.41) is 0. The summed E-state index contributed by atoms with van der Waals surface area (Å²) in [5.41, 5.74) is 0. The third-order valence-electron chi connectivity index (χ3n) is 2.48. The molecule has 1 aliphatic heterocycles. The molecule has 1 atom stereocenters. The highest BCUT2D eigenvalue weighted by molar-refractivity contribution is 5.76. The molecule has 1 amide bonds. The molecule has 3 nitrogen and oxygen atoms in total. The van der Waals surface area contributed by atoms with Gasteiger partial charge in [-0.15, -0.1) is 0 Å². The van der Waals surface area contributed by atoms with E-state index in [1.54, 1.807) is 0 Å². The molecule has 0 aromatic heterocycles. The average Bonchev–Trinajstić information content (AvgIpc) is 2.18. The predicted molar refractivity (Wildman–Crippen MR) is 51.5 cm³/mol. The lowest BCUT2D eigenvalue weighted by molar-refractivity contribution is -0.140. The van der Waals surface area contributed by atoms with Gasteiger partial charge in [0.15, 0.2) is 0 Å². The zero-order valence-corrected chi connectivity index (χ0v) is 8.58. The van der Waals surface area contributed by atoms with Crippen molar-refractivity contribution in [1.29, 1.82) is 0 Å². The monoisotopic (exact) mass is 185 g/mol. The molecule has 0 aliphatic carbocycles. The van der Waals surface area contributed by atoms with Crippen LogP contribution in [0.2, 0.25) is 0 Å². The van der Waals surface area contributed by atoms with Gasteiger partial charge in [0.25, 0.3) is 0 Å². The number of carbonyl (C=O) groups is 1. The van der Waals surface area contributed by atoms with Crippen LogP contribution in [0.3, 0.4) is 0 Å². The summed E-state index contributed by atoms with van der Waals surface area (Å²) in [6, 6.07) is 0.313. The molecular formula is C10H19NO2. The van der Waals surface area contributed by atoms with Crippen LogP contribution in [0, 0.1) is 0 Å². The lowest BCUT2D eigenvalue weighted by atomic mass is 10.1. The molecule has 1 unspecified atom stereocenters. The maximum absolute atomic E-state index is 11.6. The number of nitrogens with zero attached hydrogens (tertiary/aromatic N) is 1.